The molecule has 1 fully saturated rings. The number of aromatic nitrogens is 2. The average molecular weight is 568 g/mol. The minimum absolute atomic E-state index is 0.0807. The summed E-state index contributed by atoms with van der Waals surface area (Å²) in [5.74, 6) is 0.160. The van der Waals surface area contributed by atoms with Crippen LogP contribution in [0.3, 0.4) is 0 Å². The molecular formula is C29H30FN3O6S. The van der Waals surface area contributed by atoms with Gasteiger partial charge in [0.15, 0.2) is 0 Å². The number of nitrogens with zero attached hydrogens (tertiary/aromatic N) is 3. The number of carbonyl (C=O) groups excluding carboxylic acids is 1. The Labute approximate surface area is 232 Å². The molecule has 1 aliphatic heterocycles. The monoisotopic (exact) mass is 567 g/mol. The van der Waals surface area contributed by atoms with Crippen LogP contribution in [0.15, 0.2) is 82.7 Å². The summed E-state index contributed by atoms with van der Waals surface area (Å²) >= 11 is 0. The molecule has 0 aliphatic carbocycles. The number of amides is 1. The average Bonchev–Trinajstić information content (AvgIpc) is 3.73. The summed E-state index contributed by atoms with van der Waals surface area (Å²) in [5.41, 5.74) is 1.44. The van der Waals surface area contributed by atoms with E-state index in [1.807, 2.05) is 0 Å². The number of halogens is 1. The largest absolute Gasteiger partial charge is 0.497 e. The number of methoxy groups -OCH3 is 1. The second-order valence-corrected chi connectivity index (χ2v) is 11.5. The highest BCUT2D eigenvalue weighted by atomic mass is 32.2. The fourth-order valence-corrected chi connectivity index (χ4v) is 6.22. The van der Waals surface area contributed by atoms with E-state index in [1.165, 1.54) is 36.7 Å². The van der Waals surface area contributed by atoms with Crippen LogP contribution in [-0.4, -0.2) is 48.6 Å². The fourth-order valence-electron chi connectivity index (χ4n) is 4.72. The maximum absolute atomic E-state index is 13.6. The van der Waals surface area contributed by atoms with Crippen molar-refractivity contribution >= 4 is 15.7 Å². The summed E-state index contributed by atoms with van der Waals surface area (Å²) in [7, 11) is -2.35. The van der Waals surface area contributed by atoms with Crippen molar-refractivity contribution in [2.45, 2.75) is 49.5 Å². The molecule has 1 saturated heterocycles. The van der Waals surface area contributed by atoms with E-state index in [-0.39, 0.29) is 42.6 Å². The Balaban J connectivity index is 1.48. The quantitative estimate of drug-likeness (QED) is 0.261. The fraction of sp³-hybridized carbons (Fsp3) is 0.310. The number of benzene rings is 2. The SMILES string of the molecule is COc1ccc(C(=O)N(Cc2ccco2)Cc2cnc(S(=O)(=O)Cc3ccc(F)cc3)n2CC2CCCO2)cc1. The molecule has 0 radical (unpaired) electrons. The lowest BCUT2D eigenvalue weighted by molar-refractivity contribution is 0.0706. The van der Waals surface area contributed by atoms with Gasteiger partial charge in [0.25, 0.3) is 5.91 Å². The van der Waals surface area contributed by atoms with Crippen molar-refractivity contribution in [3.05, 3.63) is 102 Å². The zero-order valence-electron chi connectivity index (χ0n) is 22.0. The maximum Gasteiger partial charge on any atom is 0.254 e. The predicted molar refractivity (Wildman–Crippen MR) is 144 cm³/mol. The molecule has 5 rings (SSSR count). The number of hydrogen-bond acceptors (Lipinski definition) is 7. The molecule has 0 spiro atoms. The van der Waals surface area contributed by atoms with E-state index < -0.39 is 15.7 Å². The number of furan rings is 1. The third kappa shape index (κ3) is 6.43. The second-order valence-electron chi connectivity index (χ2n) is 9.63. The number of hydrogen-bond donors (Lipinski definition) is 0. The van der Waals surface area contributed by atoms with Crippen molar-refractivity contribution in [2.75, 3.05) is 13.7 Å². The van der Waals surface area contributed by atoms with Crippen molar-refractivity contribution < 1.29 is 31.5 Å². The van der Waals surface area contributed by atoms with E-state index in [0.717, 1.165) is 12.8 Å². The first kappa shape index (κ1) is 27.6. The Hall–Kier alpha value is -3.96. The molecule has 210 valence electrons. The zero-order chi connectivity index (χ0) is 28.1. The summed E-state index contributed by atoms with van der Waals surface area (Å²) < 4.78 is 58.6. The predicted octanol–water partition coefficient (Wildman–Crippen LogP) is 4.62. The van der Waals surface area contributed by atoms with Gasteiger partial charge in [0, 0.05) is 12.2 Å². The van der Waals surface area contributed by atoms with Gasteiger partial charge in [0.1, 0.15) is 17.3 Å². The van der Waals surface area contributed by atoms with Gasteiger partial charge < -0.3 is 23.4 Å². The van der Waals surface area contributed by atoms with Gasteiger partial charge in [-0.2, -0.15) is 0 Å². The molecule has 2 aromatic carbocycles. The van der Waals surface area contributed by atoms with Gasteiger partial charge in [-0.3, -0.25) is 4.79 Å². The first-order valence-corrected chi connectivity index (χ1v) is 14.6. The standard InChI is InChI=1S/C29H30FN3O6S/c1-37-25-12-8-22(9-13-25)28(34)32(18-26-4-2-14-38-26)17-24-16-31-29(33(24)19-27-5-3-15-39-27)40(35,36)20-21-6-10-23(30)11-7-21/h2,4,6-14,16,27H,3,5,15,17-20H2,1H3. The molecule has 0 saturated carbocycles. The van der Waals surface area contributed by atoms with Gasteiger partial charge in [-0.1, -0.05) is 12.1 Å². The maximum atomic E-state index is 13.6. The third-order valence-corrected chi connectivity index (χ3v) is 8.36. The number of carbonyl (C=O) groups is 1. The molecule has 11 heteroatoms. The molecule has 1 amide bonds. The number of imidazole rings is 1. The normalized spacial score (nSPS) is 15.3. The van der Waals surface area contributed by atoms with Crippen molar-refractivity contribution in [2.24, 2.45) is 0 Å². The lowest BCUT2D eigenvalue weighted by Crippen LogP contribution is -2.32. The summed E-state index contributed by atoms with van der Waals surface area (Å²) in [6.07, 6.45) is 4.52. The number of rotatable bonds is 11. The van der Waals surface area contributed by atoms with Crippen LogP contribution in [0.1, 0.15) is 40.2 Å². The molecule has 0 bridgehead atoms. The molecule has 3 heterocycles. The molecule has 2 aromatic heterocycles. The summed E-state index contributed by atoms with van der Waals surface area (Å²) in [4.78, 5) is 19.5. The summed E-state index contributed by atoms with van der Waals surface area (Å²) in [5, 5.41) is -0.114. The van der Waals surface area contributed by atoms with Crippen molar-refractivity contribution in [3.8, 4) is 5.75 Å². The number of ether oxygens (including phenoxy) is 2. The Morgan fingerprint density at radius 1 is 1.12 bits per heavy atom. The highest BCUT2D eigenvalue weighted by Crippen LogP contribution is 2.24. The van der Waals surface area contributed by atoms with E-state index in [0.29, 0.717) is 34.9 Å². The Bertz CT molecular complexity index is 1530. The molecule has 0 N–H and O–H groups in total. The van der Waals surface area contributed by atoms with Crippen molar-refractivity contribution in [1.82, 2.24) is 14.5 Å². The van der Waals surface area contributed by atoms with E-state index in [2.05, 4.69) is 4.98 Å². The Morgan fingerprint density at radius 3 is 2.55 bits per heavy atom. The second kappa shape index (κ2) is 12.1. The highest BCUT2D eigenvalue weighted by molar-refractivity contribution is 7.90. The van der Waals surface area contributed by atoms with E-state index in [1.54, 1.807) is 53.0 Å². The highest BCUT2D eigenvalue weighted by Gasteiger charge is 2.29. The molecular weight excluding hydrogens is 537 g/mol. The smallest absolute Gasteiger partial charge is 0.254 e. The Kier molecular flexibility index (Phi) is 8.32. The lowest BCUT2D eigenvalue weighted by atomic mass is 10.1. The van der Waals surface area contributed by atoms with E-state index in [9.17, 15) is 17.6 Å². The van der Waals surface area contributed by atoms with Crippen LogP contribution in [0.2, 0.25) is 0 Å². The molecule has 1 atom stereocenters. The van der Waals surface area contributed by atoms with E-state index >= 15 is 0 Å². The molecule has 4 aromatic rings. The van der Waals surface area contributed by atoms with Crippen LogP contribution >= 0.6 is 0 Å². The van der Waals surface area contributed by atoms with Crippen LogP contribution in [0.5, 0.6) is 5.75 Å². The van der Waals surface area contributed by atoms with Gasteiger partial charge in [-0.15, -0.1) is 0 Å². The van der Waals surface area contributed by atoms with Gasteiger partial charge in [0.05, 0.1) is 56.8 Å². The first-order valence-electron chi connectivity index (χ1n) is 12.9. The Morgan fingerprint density at radius 2 is 1.90 bits per heavy atom. The van der Waals surface area contributed by atoms with Crippen LogP contribution in [0.4, 0.5) is 4.39 Å². The van der Waals surface area contributed by atoms with Crippen LogP contribution < -0.4 is 4.74 Å². The number of sulfone groups is 1. The minimum atomic E-state index is -3.91. The molecule has 9 nitrogen and oxygen atoms in total. The lowest BCUT2D eigenvalue weighted by Gasteiger charge is -2.24. The zero-order valence-corrected chi connectivity index (χ0v) is 22.8. The van der Waals surface area contributed by atoms with Crippen molar-refractivity contribution in [1.29, 1.82) is 0 Å². The summed E-state index contributed by atoms with van der Waals surface area (Å²) in [6, 6.07) is 15.6. The van der Waals surface area contributed by atoms with Gasteiger partial charge >= 0.3 is 0 Å². The van der Waals surface area contributed by atoms with Crippen molar-refractivity contribution in [3.63, 3.8) is 0 Å². The first-order chi connectivity index (χ1) is 19.3. The van der Waals surface area contributed by atoms with Gasteiger partial charge in [-0.25, -0.2) is 17.8 Å². The van der Waals surface area contributed by atoms with Gasteiger partial charge in [-0.05, 0) is 66.9 Å². The minimum Gasteiger partial charge on any atom is -0.497 e. The topological polar surface area (TPSA) is 104 Å². The van der Waals surface area contributed by atoms with E-state index in [4.69, 9.17) is 13.9 Å². The summed E-state index contributed by atoms with van der Waals surface area (Å²) in [6.45, 7) is 1.13. The van der Waals surface area contributed by atoms with Crippen LogP contribution in [-0.2, 0) is 40.0 Å². The molecule has 40 heavy (non-hydrogen) atoms. The molecule has 1 aliphatic rings. The van der Waals surface area contributed by atoms with Crippen LogP contribution in [0, 0.1) is 5.82 Å². The van der Waals surface area contributed by atoms with Crippen LogP contribution in [0.25, 0.3) is 0 Å². The van der Waals surface area contributed by atoms with Gasteiger partial charge in [0.2, 0.25) is 15.0 Å². The molecule has 1 unspecified atom stereocenters. The third-order valence-electron chi connectivity index (χ3n) is 6.76.